The molecule has 0 saturated carbocycles. The molecule has 32 heavy (non-hydrogen) atoms. The Labute approximate surface area is 198 Å². The summed E-state index contributed by atoms with van der Waals surface area (Å²) in [6.07, 6.45) is 20.6. The van der Waals surface area contributed by atoms with Gasteiger partial charge in [0, 0.05) is 6.42 Å². The van der Waals surface area contributed by atoms with E-state index in [-0.39, 0.29) is 12.5 Å². The summed E-state index contributed by atoms with van der Waals surface area (Å²) >= 11 is 0. The fraction of sp³-hybridized carbons (Fsp3) is 0.963. The van der Waals surface area contributed by atoms with Gasteiger partial charge in [-0.3, -0.25) is 4.79 Å². The van der Waals surface area contributed by atoms with Crippen LogP contribution in [0.3, 0.4) is 0 Å². The number of carbonyl (C=O) groups is 1. The molecule has 0 heterocycles. The SMILES string of the molecule is CCCCCCCCCCCCCC[C@@H](O)[C@@H](O)[C@H](CO)NC(=O)CCCCCCCC. The molecule has 1 amide bonds. The Morgan fingerprint density at radius 1 is 0.656 bits per heavy atom. The van der Waals surface area contributed by atoms with Crippen molar-refractivity contribution in [3.05, 3.63) is 0 Å². The molecule has 192 valence electrons. The van der Waals surface area contributed by atoms with E-state index in [0.717, 1.165) is 38.5 Å². The van der Waals surface area contributed by atoms with Crippen molar-refractivity contribution in [3.8, 4) is 0 Å². The summed E-state index contributed by atoms with van der Waals surface area (Å²) in [6, 6.07) is -0.796. The van der Waals surface area contributed by atoms with Crippen LogP contribution in [0, 0.1) is 0 Å². The Morgan fingerprint density at radius 3 is 1.50 bits per heavy atom. The second-order valence-corrected chi connectivity index (χ2v) is 9.61. The Morgan fingerprint density at radius 2 is 1.06 bits per heavy atom. The van der Waals surface area contributed by atoms with E-state index in [1.54, 1.807) is 0 Å². The number of hydrogen-bond donors (Lipinski definition) is 4. The topological polar surface area (TPSA) is 89.8 Å². The fourth-order valence-corrected chi connectivity index (χ4v) is 4.22. The molecule has 0 spiro atoms. The van der Waals surface area contributed by atoms with Gasteiger partial charge in [-0.1, -0.05) is 123 Å². The molecule has 0 fully saturated rings. The van der Waals surface area contributed by atoms with Gasteiger partial charge in [-0.2, -0.15) is 0 Å². The largest absolute Gasteiger partial charge is 0.394 e. The molecule has 3 atom stereocenters. The highest BCUT2D eigenvalue weighted by molar-refractivity contribution is 5.76. The third-order valence-corrected chi connectivity index (χ3v) is 6.46. The van der Waals surface area contributed by atoms with Gasteiger partial charge in [0.15, 0.2) is 0 Å². The van der Waals surface area contributed by atoms with Crippen LogP contribution in [-0.4, -0.2) is 46.1 Å². The molecule has 4 N–H and O–H groups in total. The lowest BCUT2D eigenvalue weighted by Gasteiger charge is -2.26. The number of aliphatic hydroxyl groups excluding tert-OH is 3. The predicted octanol–water partition coefficient (Wildman–Crippen LogP) is 6.03. The van der Waals surface area contributed by atoms with Gasteiger partial charge >= 0.3 is 0 Å². The monoisotopic (exact) mass is 457 g/mol. The van der Waals surface area contributed by atoms with Crippen molar-refractivity contribution in [2.24, 2.45) is 0 Å². The standard InChI is InChI=1S/C27H55NO4/c1-3-5-7-9-11-12-13-14-15-16-17-19-21-25(30)27(32)24(23-29)28-26(31)22-20-18-10-8-6-4-2/h24-25,27,29-30,32H,3-23H2,1-2H3,(H,28,31)/t24-,25+,27-/m0/s1. The quantitative estimate of drug-likeness (QED) is 0.133. The molecule has 0 aliphatic heterocycles. The number of carbonyl (C=O) groups excluding carboxylic acids is 1. The van der Waals surface area contributed by atoms with Gasteiger partial charge < -0.3 is 20.6 Å². The molecule has 0 saturated heterocycles. The zero-order chi connectivity index (χ0) is 23.9. The van der Waals surface area contributed by atoms with E-state index in [9.17, 15) is 20.1 Å². The first kappa shape index (κ1) is 31.4. The normalized spacial score (nSPS) is 14.3. The third kappa shape index (κ3) is 18.9. The molecule has 0 unspecified atom stereocenters. The summed E-state index contributed by atoms with van der Waals surface area (Å²) < 4.78 is 0. The summed E-state index contributed by atoms with van der Waals surface area (Å²) in [4.78, 5) is 12.1. The van der Waals surface area contributed by atoms with Gasteiger partial charge in [0.2, 0.25) is 5.91 Å². The molecular weight excluding hydrogens is 402 g/mol. The molecule has 0 aliphatic rings. The van der Waals surface area contributed by atoms with Gasteiger partial charge in [0.05, 0.1) is 18.8 Å². The van der Waals surface area contributed by atoms with E-state index in [1.165, 1.54) is 77.0 Å². The van der Waals surface area contributed by atoms with Gasteiger partial charge in [-0.15, -0.1) is 0 Å². The van der Waals surface area contributed by atoms with Crippen molar-refractivity contribution < 1.29 is 20.1 Å². The predicted molar refractivity (Wildman–Crippen MR) is 135 cm³/mol. The molecule has 0 bridgehead atoms. The highest BCUT2D eigenvalue weighted by Crippen LogP contribution is 2.15. The maximum absolute atomic E-state index is 12.1. The van der Waals surface area contributed by atoms with Crippen molar-refractivity contribution in [1.82, 2.24) is 5.32 Å². The molecule has 0 rings (SSSR count). The summed E-state index contributed by atoms with van der Waals surface area (Å²) in [7, 11) is 0. The first-order valence-electron chi connectivity index (χ1n) is 13.8. The van der Waals surface area contributed by atoms with Gasteiger partial charge in [-0.25, -0.2) is 0 Å². The molecule has 5 heteroatoms. The Hall–Kier alpha value is -0.650. The first-order valence-corrected chi connectivity index (χ1v) is 13.8. The van der Waals surface area contributed by atoms with Gasteiger partial charge in [0.1, 0.15) is 6.10 Å². The summed E-state index contributed by atoms with van der Waals surface area (Å²) in [5.74, 6) is -0.156. The van der Waals surface area contributed by atoms with Gasteiger partial charge in [0.25, 0.3) is 0 Å². The zero-order valence-electron chi connectivity index (χ0n) is 21.3. The highest BCUT2D eigenvalue weighted by Gasteiger charge is 2.26. The molecule has 0 aromatic heterocycles. The van der Waals surface area contributed by atoms with E-state index in [2.05, 4.69) is 19.2 Å². The third-order valence-electron chi connectivity index (χ3n) is 6.46. The van der Waals surface area contributed by atoms with E-state index in [1.807, 2.05) is 0 Å². The van der Waals surface area contributed by atoms with Crippen LogP contribution >= 0.6 is 0 Å². The molecule has 0 radical (unpaired) electrons. The van der Waals surface area contributed by atoms with E-state index in [4.69, 9.17) is 0 Å². The van der Waals surface area contributed by atoms with Crippen molar-refractivity contribution in [2.45, 2.75) is 161 Å². The number of nitrogens with one attached hydrogen (secondary N) is 1. The van der Waals surface area contributed by atoms with Crippen LogP contribution in [0.25, 0.3) is 0 Å². The second kappa shape index (κ2) is 23.5. The van der Waals surface area contributed by atoms with Crippen LogP contribution in [0.4, 0.5) is 0 Å². The molecule has 0 aromatic carbocycles. The molecule has 0 aromatic rings. The lowest BCUT2D eigenvalue weighted by molar-refractivity contribution is -0.124. The number of hydrogen-bond acceptors (Lipinski definition) is 4. The van der Waals surface area contributed by atoms with E-state index in [0.29, 0.717) is 12.8 Å². The van der Waals surface area contributed by atoms with Crippen molar-refractivity contribution in [3.63, 3.8) is 0 Å². The number of amides is 1. The van der Waals surface area contributed by atoms with E-state index < -0.39 is 18.2 Å². The fourth-order valence-electron chi connectivity index (χ4n) is 4.22. The van der Waals surface area contributed by atoms with Crippen LogP contribution in [0.1, 0.15) is 142 Å². The van der Waals surface area contributed by atoms with Crippen LogP contribution in [-0.2, 0) is 4.79 Å². The van der Waals surface area contributed by atoms with Crippen molar-refractivity contribution >= 4 is 5.91 Å². The van der Waals surface area contributed by atoms with E-state index >= 15 is 0 Å². The Bertz CT molecular complexity index is 405. The maximum Gasteiger partial charge on any atom is 0.220 e. The summed E-state index contributed by atoms with van der Waals surface area (Å²) in [6.45, 7) is 4.07. The highest BCUT2D eigenvalue weighted by atomic mass is 16.3. The van der Waals surface area contributed by atoms with Crippen LogP contribution in [0.2, 0.25) is 0 Å². The first-order chi connectivity index (χ1) is 15.6. The lowest BCUT2D eigenvalue weighted by Crippen LogP contribution is -2.50. The van der Waals surface area contributed by atoms with Crippen LogP contribution in [0.5, 0.6) is 0 Å². The number of unbranched alkanes of at least 4 members (excludes halogenated alkanes) is 16. The number of aliphatic hydroxyl groups is 3. The maximum atomic E-state index is 12.1. The number of rotatable bonds is 24. The molecular formula is C27H55NO4. The average Bonchev–Trinajstić information content (AvgIpc) is 2.79. The Kier molecular flexibility index (Phi) is 23.0. The van der Waals surface area contributed by atoms with Crippen molar-refractivity contribution in [1.29, 1.82) is 0 Å². The second-order valence-electron chi connectivity index (χ2n) is 9.61. The summed E-state index contributed by atoms with van der Waals surface area (Å²) in [5.41, 5.74) is 0. The smallest absolute Gasteiger partial charge is 0.220 e. The van der Waals surface area contributed by atoms with Crippen LogP contribution in [0.15, 0.2) is 0 Å². The minimum absolute atomic E-state index is 0.156. The average molecular weight is 458 g/mol. The molecule has 0 aliphatic carbocycles. The van der Waals surface area contributed by atoms with Crippen molar-refractivity contribution in [2.75, 3.05) is 6.61 Å². The minimum Gasteiger partial charge on any atom is -0.394 e. The Balaban J connectivity index is 3.76. The van der Waals surface area contributed by atoms with Gasteiger partial charge in [-0.05, 0) is 12.8 Å². The minimum atomic E-state index is -1.12. The van der Waals surface area contributed by atoms with Crippen LogP contribution < -0.4 is 5.32 Å². The zero-order valence-corrected chi connectivity index (χ0v) is 21.3. The summed E-state index contributed by atoms with van der Waals surface area (Å²) in [5, 5.41) is 32.9. The lowest BCUT2D eigenvalue weighted by atomic mass is 9.99. The molecule has 5 nitrogen and oxygen atoms in total.